The SMILES string of the molecule is Cc1ccc(OCC(=O)N2CCN(Cc3csc(C)n3)CC2)c(C)c1. The zero-order valence-electron chi connectivity index (χ0n) is 15.1. The normalized spacial score (nSPS) is 15.4. The quantitative estimate of drug-likeness (QED) is 0.824. The third-order valence-corrected chi connectivity index (χ3v) is 5.28. The maximum absolute atomic E-state index is 12.4. The van der Waals surface area contributed by atoms with Crippen molar-refractivity contribution in [3.63, 3.8) is 0 Å². The fourth-order valence-electron chi connectivity index (χ4n) is 3.06. The average molecular weight is 359 g/mol. The molecule has 25 heavy (non-hydrogen) atoms. The van der Waals surface area contributed by atoms with Crippen LogP contribution in [0, 0.1) is 20.8 Å². The molecule has 0 bridgehead atoms. The highest BCUT2D eigenvalue weighted by atomic mass is 32.1. The second-order valence-corrected chi connectivity index (χ2v) is 7.63. The minimum absolute atomic E-state index is 0.0594. The summed E-state index contributed by atoms with van der Waals surface area (Å²) >= 11 is 1.69. The van der Waals surface area contributed by atoms with Crippen LogP contribution in [0.25, 0.3) is 0 Å². The number of benzene rings is 1. The van der Waals surface area contributed by atoms with Crippen molar-refractivity contribution in [2.24, 2.45) is 0 Å². The fraction of sp³-hybridized carbons (Fsp3) is 0.474. The average Bonchev–Trinajstić information content (AvgIpc) is 2.99. The molecule has 6 heteroatoms. The van der Waals surface area contributed by atoms with Crippen LogP contribution in [0.15, 0.2) is 23.6 Å². The van der Waals surface area contributed by atoms with Gasteiger partial charge in [-0.2, -0.15) is 0 Å². The largest absolute Gasteiger partial charge is 0.484 e. The van der Waals surface area contributed by atoms with Gasteiger partial charge in [-0.05, 0) is 32.4 Å². The number of hydrogen-bond donors (Lipinski definition) is 0. The van der Waals surface area contributed by atoms with Gasteiger partial charge in [0, 0.05) is 38.1 Å². The predicted octanol–water partition coefficient (Wildman–Crippen LogP) is 2.79. The van der Waals surface area contributed by atoms with Crippen LogP contribution in [-0.2, 0) is 11.3 Å². The van der Waals surface area contributed by atoms with Crippen molar-refractivity contribution in [1.29, 1.82) is 0 Å². The van der Waals surface area contributed by atoms with E-state index < -0.39 is 0 Å². The van der Waals surface area contributed by atoms with E-state index in [1.807, 2.05) is 37.8 Å². The van der Waals surface area contributed by atoms with Crippen molar-refractivity contribution in [2.45, 2.75) is 27.3 Å². The smallest absolute Gasteiger partial charge is 0.260 e. The lowest BCUT2D eigenvalue weighted by molar-refractivity contribution is -0.135. The van der Waals surface area contributed by atoms with Gasteiger partial charge >= 0.3 is 0 Å². The molecule has 0 aliphatic carbocycles. The van der Waals surface area contributed by atoms with Gasteiger partial charge in [0.2, 0.25) is 0 Å². The standard InChI is InChI=1S/C19H25N3O2S/c1-14-4-5-18(15(2)10-14)24-12-19(23)22-8-6-21(7-9-22)11-17-13-25-16(3)20-17/h4-5,10,13H,6-9,11-12H2,1-3H3. The summed E-state index contributed by atoms with van der Waals surface area (Å²) in [6.45, 7) is 10.3. The first-order valence-corrected chi connectivity index (χ1v) is 9.50. The molecule has 0 unspecified atom stereocenters. The second kappa shape index (κ2) is 7.97. The molecule has 0 spiro atoms. The molecule has 134 valence electrons. The Bertz CT molecular complexity index is 736. The van der Waals surface area contributed by atoms with Crippen LogP contribution in [0.5, 0.6) is 5.75 Å². The number of thiazole rings is 1. The van der Waals surface area contributed by atoms with E-state index in [2.05, 4.69) is 21.3 Å². The first-order valence-electron chi connectivity index (χ1n) is 8.62. The maximum Gasteiger partial charge on any atom is 0.260 e. The van der Waals surface area contributed by atoms with E-state index in [-0.39, 0.29) is 12.5 Å². The molecular formula is C19H25N3O2S. The number of hydrogen-bond acceptors (Lipinski definition) is 5. The third kappa shape index (κ3) is 4.80. The number of ether oxygens (including phenoxy) is 1. The van der Waals surface area contributed by atoms with Crippen LogP contribution in [0.1, 0.15) is 21.8 Å². The van der Waals surface area contributed by atoms with Crippen molar-refractivity contribution in [3.05, 3.63) is 45.4 Å². The van der Waals surface area contributed by atoms with E-state index in [4.69, 9.17) is 4.74 Å². The lowest BCUT2D eigenvalue weighted by Crippen LogP contribution is -2.49. The van der Waals surface area contributed by atoms with Crippen LogP contribution in [0.4, 0.5) is 0 Å². The van der Waals surface area contributed by atoms with E-state index >= 15 is 0 Å². The summed E-state index contributed by atoms with van der Waals surface area (Å²) in [5.74, 6) is 0.848. The number of amides is 1. The predicted molar refractivity (Wildman–Crippen MR) is 100 cm³/mol. The van der Waals surface area contributed by atoms with Gasteiger partial charge in [-0.15, -0.1) is 11.3 Å². The van der Waals surface area contributed by atoms with Crippen LogP contribution in [0.3, 0.4) is 0 Å². The Morgan fingerprint density at radius 3 is 2.60 bits per heavy atom. The summed E-state index contributed by atoms with van der Waals surface area (Å²) in [5.41, 5.74) is 3.39. The molecule has 5 nitrogen and oxygen atoms in total. The second-order valence-electron chi connectivity index (χ2n) is 6.57. The highest BCUT2D eigenvalue weighted by Crippen LogP contribution is 2.19. The molecule has 2 aromatic rings. The lowest BCUT2D eigenvalue weighted by atomic mass is 10.1. The first kappa shape index (κ1) is 17.9. The van der Waals surface area contributed by atoms with E-state index in [1.165, 1.54) is 5.56 Å². The third-order valence-electron chi connectivity index (χ3n) is 4.46. The monoisotopic (exact) mass is 359 g/mol. The Balaban J connectivity index is 1.45. The molecule has 0 radical (unpaired) electrons. The minimum Gasteiger partial charge on any atom is -0.484 e. The Morgan fingerprint density at radius 2 is 1.96 bits per heavy atom. The molecule has 1 saturated heterocycles. The Kier molecular flexibility index (Phi) is 5.71. The number of aromatic nitrogens is 1. The Labute approximate surface area is 153 Å². The van der Waals surface area contributed by atoms with Gasteiger partial charge < -0.3 is 9.64 Å². The van der Waals surface area contributed by atoms with Crippen molar-refractivity contribution in [3.8, 4) is 5.75 Å². The number of piperazine rings is 1. The van der Waals surface area contributed by atoms with Gasteiger partial charge in [0.25, 0.3) is 5.91 Å². The van der Waals surface area contributed by atoms with Crippen LogP contribution in [-0.4, -0.2) is 53.5 Å². The fourth-order valence-corrected chi connectivity index (χ4v) is 3.66. The maximum atomic E-state index is 12.4. The van der Waals surface area contributed by atoms with Crippen molar-refractivity contribution in [1.82, 2.24) is 14.8 Å². The molecule has 1 amide bonds. The molecule has 0 N–H and O–H groups in total. The van der Waals surface area contributed by atoms with Crippen molar-refractivity contribution in [2.75, 3.05) is 32.8 Å². The van der Waals surface area contributed by atoms with Gasteiger partial charge in [0.15, 0.2) is 6.61 Å². The van der Waals surface area contributed by atoms with Gasteiger partial charge in [0.05, 0.1) is 10.7 Å². The zero-order chi connectivity index (χ0) is 17.8. The summed E-state index contributed by atoms with van der Waals surface area (Å²) in [6, 6.07) is 6.01. The van der Waals surface area contributed by atoms with Gasteiger partial charge in [-0.25, -0.2) is 4.98 Å². The van der Waals surface area contributed by atoms with Crippen molar-refractivity contribution >= 4 is 17.2 Å². The topological polar surface area (TPSA) is 45.7 Å². The van der Waals surface area contributed by atoms with Gasteiger partial charge in [-0.3, -0.25) is 9.69 Å². The highest BCUT2D eigenvalue weighted by molar-refractivity contribution is 7.09. The van der Waals surface area contributed by atoms with Crippen LogP contribution < -0.4 is 4.74 Å². The van der Waals surface area contributed by atoms with Crippen LogP contribution >= 0.6 is 11.3 Å². The van der Waals surface area contributed by atoms with E-state index in [0.29, 0.717) is 0 Å². The molecule has 1 aliphatic rings. The molecule has 1 aliphatic heterocycles. The van der Waals surface area contributed by atoms with Crippen molar-refractivity contribution < 1.29 is 9.53 Å². The van der Waals surface area contributed by atoms with Gasteiger partial charge in [0.1, 0.15) is 5.75 Å². The Hall–Kier alpha value is -1.92. The Morgan fingerprint density at radius 1 is 1.20 bits per heavy atom. The summed E-state index contributed by atoms with van der Waals surface area (Å²) in [5, 5.41) is 3.22. The molecule has 0 saturated carbocycles. The number of carbonyl (C=O) groups is 1. The highest BCUT2D eigenvalue weighted by Gasteiger charge is 2.22. The number of nitrogens with zero attached hydrogens (tertiary/aromatic N) is 3. The van der Waals surface area contributed by atoms with Crippen LogP contribution in [0.2, 0.25) is 0 Å². The van der Waals surface area contributed by atoms with E-state index in [9.17, 15) is 4.79 Å². The molecule has 2 heterocycles. The molecule has 3 rings (SSSR count). The summed E-state index contributed by atoms with van der Waals surface area (Å²) in [7, 11) is 0. The molecule has 1 aromatic heterocycles. The lowest BCUT2D eigenvalue weighted by Gasteiger charge is -2.34. The summed E-state index contributed by atoms with van der Waals surface area (Å²) < 4.78 is 5.72. The minimum atomic E-state index is 0.0594. The number of carbonyl (C=O) groups excluding carboxylic acids is 1. The zero-order valence-corrected chi connectivity index (χ0v) is 15.9. The van der Waals surface area contributed by atoms with Gasteiger partial charge in [-0.1, -0.05) is 17.7 Å². The number of rotatable bonds is 5. The summed E-state index contributed by atoms with van der Waals surface area (Å²) in [4.78, 5) is 21.1. The van der Waals surface area contributed by atoms with E-state index in [1.54, 1.807) is 11.3 Å². The molecular weight excluding hydrogens is 334 g/mol. The van der Waals surface area contributed by atoms with E-state index in [0.717, 1.165) is 54.7 Å². The first-order chi connectivity index (χ1) is 12.0. The number of aryl methyl sites for hydroxylation is 3. The molecule has 0 atom stereocenters. The molecule has 1 fully saturated rings. The molecule has 1 aromatic carbocycles. The summed E-state index contributed by atoms with van der Waals surface area (Å²) in [6.07, 6.45) is 0.